The van der Waals surface area contributed by atoms with E-state index in [4.69, 9.17) is 4.74 Å². The Labute approximate surface area is 146 Å². The van der Waals surface area contributed by atoms with Crippen molar-refractivity contribution in [2.24, 2.45) is 0 Å². The summed E-state index contributed by atoms with van der Waals surface area (Å²) in [5, 5.41) is 3.79. The van der Waals surface area contributed by atoms with Crippen LogP contribution in [0.5, 0.6) is 5.75 Å². The Morgan fingerprint density at radius 2 is 1.92 bits per heavy atom. The van der Waals surface area contributed by atoms with Crippen molar-refractivity contribution in [3.63, 3.8) is 0 Å². The summed E-state index contributed by atoms with van der Waals surface area (Å²) in [6.45, 7) is 4.48. The van der Waals surface area contributed by atoms with E-state index < -0.39 is 0 Å². The van der Waals surface area contributed by atoms with E-state index in [0.29, 0.717) is 17.9 Å². The molecule has 1 aromatic heterocycles. The number of amides is 1. The fraction of sp³-hybridized carbons (Fsp3) is 0.250. The molecule has 3 rings (SSSR count). The highest BCUT2D eigenvalue weighted by atomic mass is 19.1. The fourth-order valence-corrected chi connectivity index (χ4v) is 2.89. The quantitative estimate of drug-likeness (QED) is 0.737. The van der Waals surface area contributed by atoms with Crippen LogP contribution in [-0.2, 0) is 5.41 Å². The smallest absolute Gasteiger partial charge is 0.251 e. The number of benzene rings is 2. The lowest BCUT2D eigenvalue weighted by molar-refractivity contribution is 0.0945. The second-order valence-electron chi connectivity index (χ2n) is 6.69. The van der Waals surface area contributed by atoms with Crippen LogP contribution in [-0.4, -0.2) is 24.5 Å². The van der Waals surface area contributed by atoms with E-state index in [-0.39, 0.29) is 17.1 Å². The van der Waals surface area contributed by atoms with Gasteiger partial charge in [-0.05, 0) is 48.0 Å². The summed E-state index contributed by atoms with van der Waals surface area (Å²) < 4.78 is 18.7. The van der Waals surface area contributed by atoms with Crippen molar-refractivity contribution in [1.82, 2.24) is 10.3 Å². The van der Waals surface area contributed by atoms with Crippen molar-refractivity contribution in [3.05, 3.63) is 65.6 Å². The standard InChI is InChI=1S/C20H21FN2O2/c1-20(2,17-11-22-18-9-6-14(21)10-16(17)18)12-23-19(24)13-4-7-15(25-3)8-5-13/h4-11,22H,12H2,1-3H3,(H,23,24). The fourth-order valence-electron chi connectivity index (χ4n) is 2.89. The molecule has 25 heavy (non-hydrogen) atoms. The number of hydrogen-bond acceptors (Lipinski definition) is 2. The molecule has 0 aliphatic rings. The van der Waals surface area contributed by atoms with Crippen LogP contribution in [0.25, 0.3) is 10.9 Å². The summed E-state index contributed by atoms with van der Waals surface area (Å²) in [6.07, 6.45) is 1.88. The molecular formula is C20H21FN2O2. The van der Waals surface area contributed by atoms with Crippen LogP contribution >= 0.6 is 0 Å². The number of halogens is 1. The lowest BCUT2D eigenvalue weighted by Crippen LogP contribution is -2.36. The molecule has 0 saturated heterocycles. The molecule has 3 aromatic rings. The minimum absolute atomic E-state index is 0.151. The molecule has 1 heterocycles. The number of nitrogens with one attached hydrogen (secondary N) is 2. The lowest BCUT2D eigenvalue weighted by atomic mass is 9.84. The second-order valence-corrected chi connectivity index (χ2v) is 6.69. The molecule has 130 valence electrons. The minimum Gasteiger partial charge on any atom is -0.497 e. The summed E-state index contributed by atoms with van der Waals surface area (Å²) in [5.74, 6) is 0.283. The van der Waals surface area contributed by atoms with Gasteiger partial charge < -0.3 is 15.0 Å². The number of carbonyl (C=O) groups is 1. The molecule has 2 N–H and O–H groups in total. The highest BCUT2D eigenvalue weighted by molar-refractivity contribution is 5.94. The molecule has 0 atom stereocenters. The summed E-state index contributed by atoms with van der Waals surface area (Å²) in [5.41, 5.74) is 2.07. The van der Waals surface area contributed by atoms with E-state index in [2.05, 4.69) is 10.3 Å². The van der Waals surface area contributed by atoms with Gasteiger partial charge in [-0.3, -0.25) is 4.79 Å². The SMILES string of the molecule is COc1ccc(C(=O)NCC(C)(C)c2c[nH]c3ccc(F)cc23)cc1. The number of fused-ring (bicyclic) bond motifs is 1. The average molecular weight is 340 g/mol. The molecule has 0 unspecified atom stereocenters. The van der Waals surface area contributed by atoms with E-state index in [9.17, 15) is 9.18 Å². The number of rotatable bonds is 5. The van der Waals surface area contributed by atoms with Gasteiger partial charge in [0.15, 0.2) is 0 Å². The zero-order valence-corrected chi connectivity index (χ0v) is 14.5. The van der Waals surface area contributed by atoms with Crippen LogP contribution in [0.2, 0.25) is 0 Å². The molecule has 0 spiro atoms. The molecule has 2 aromatic carbocycles. The van der Waals surface area contributed by atoms with Gasteiger partial charge in [-0.15, -0.1) is 0 Å². The number of methoxy groups -OCH3 is 1. The number of hydrogen-bond donors (Lipinski definition) is 2. The molecule has 4 nitrogen and oxygen atoms in total. The van der Waals surface area contributed by atoms with Crippen molar-refractivity contribution in [2.45, 2.75) is 19.3 Å². The van der Waals surface area contributed by atoms with Crippen molar-refractivity contribution < 1.29 is 13.9 Å². The third-order valence-electron chi connectivity index (χ3n) is 4.42. The van der Waals surface area contributed by atoms with Crippen molar-refractivity contribution in [1.29, 1.82) is 0 Å². The van der Waals surface area contributed by atoms with E-state index >= 15 is 0 Å². The molecule has 0 aliphatic heterocycles. The van der Waals surface area contributed by atoms with Crippen molar-refractivity contribution >= 4 is 16.8 Å². The van der Waals surface area contributed by atoms with Crippen LogP contribution < -0.4 is 10.1 Å². The molecule has 0 saturated carbocycles. The third-order valence-corrected chi connectivity index (χ3v) is 4.42. The highest BCUT2D eigenvalue weighted by Crippen LogP contribution is 2.30. The zero-order valence-electron chi connectivity index (χ0n) is 14.5. The first-order chi connectivity index (χ1) is 11.9. The van der Waals surface area contributed by atoms with Gasteiger partial charge in [0, 0.05) is 34.6 Å². The van der Waals surface area contributed by atoms with Gasteiger partial charge in [0.2, 0.25) is 0 Å². The Hall–Kier alpha value is -2.82. The van der Waals surface area contributed by atoms with E-state index in [1.54, 1.807) is 37.4 Å². The number of ether oxygens (including phenoxy) is 1. The van der Waals surface area contributed by atoms with E-state index in [0.717, 1.165) is 16.5 Å². The van der Waals surface area contributed by atoms with Crippen molar-refractivity contribution in [2.75, 3.05) is 13.7 Å². The topological polar surface area (TPSA) is 54.1 Å². The molecule has 1 amide bonds. The molecule has 0 fully saturated rings. The van der Waals surface area contributed by atoms with Crippen LogP contribution in [0.1, 0.15) is 29.8 Å². The van der Waals surface area contributed by atoms with Gasteiger partial charge in [-0.25, -0.2) is 4.39 Å². The first-order valence-corrected chi connectivity index (χ1v) is 8.10. The van der Waals surface area contributed by atoms with Crippen LogP contribution in [0.3, 0.4) is 0 Å². The first kappa shape index (κ1) is 17.0. The van der Waals surface area contributed by atoms with Crippen LogP contribution in [0.4, 0.5) is 4.39 Å². The summed E-state index contributed by atoms with van der Waals surface area (Å²) >= 11 is 0. The molecular weight excluding hydrogens is 319 g/mol. The van der Waals surface area contributed by atoms with Gasteiger partial charge in [-0.2, -0.15) is 0 Å². The molecule has 5 heteroatoms. The maximum absolute atomic E-state index is 13.6. The summed E-state index contributed by atoms with van der Waals surface area (Å²) in [7, 11) is 1.58. The van der Waals surface area contributed by atoms with Gasteiger partial charge in [0.1, 0.15) is 11.6 Å². The highest BCUT2D eigenvalue weighted by Gasteiger charge is 2.25. The second kappa shape index (κ2) is 6.59. The van der Waals surface area contributed by atoms with Gasteiger partial charge in [0.25, 0.3) is 5.91 Å². The Morgan fingerprint density at radius 3 is 2.60 bits per heavy atom. The van der Waals surface area contributed by atoms with E-state index in [1.807, 2.05) is 20.0 Å². The normalized spacial score (nSPS) is 11.5. The molecule has 0 bridgehead atoms. The van der Waals surface area contributed by atoms with E-state index in [1.165, 1.54) is 12.1 Å². The number of carbonyl (C=O) groups excluding carboxylic acids is 1. The average Bonchev–Trinajstić information content (AvgIpc) is 3.03. The molecule has 0 aliphatic carbocycles. The van der Waals surface area contributed by atoms with Gasteiger partial charge >= 0.3 is 0 Å². The van der Waals surface area contributed by atoms with Gasteiger partial charge in [0.05, 0.1) is 7.11 Å². The summed E-state index contributed by atoms with van der Waals surface area (Å²) in [4.78, 5) is 15.5. The monoisotopic (exact) mass is 340 g/mol. The molecule has 0 radical (unpaired) electrons. The predicted molar refractivity (Wildman–Crippen MR) is 96.6 cm³/mol. The lowest BCUT2D eigenvalue weighted by Gasteiger charge is -2.25. The maximum atomic E-state index is 13.6. The Balaban J connectivity index is 1.76. The Morgan fingerprint density at radius 1 is 1.20 bits per heavy atom. The summed E-state index contributed by atoms with van der Waals surface area (Å²) in [6, 6.07) is 11.6. The zero-order chi connectivity index (χ0) is 18.0. The van der Waals surface area contributed by atoms with Crippen LogP contribution in [0, 0.1) is 5.82 Å². The first-order valence-electron chi connectivity index (χ1n) is 8.10. The third kappa shape index (κ3) is 3.50. The number of aromatic nitrogens is 1. The Kier molecular flexibility index (Phi) is 4.49. The largest absolute Gasteiger partial charge is 0.497 e. The van der Waals surface area contributed by atoms with Crippen LogP contribution in [0.15, 0.2) is 48.7 Å². The van der Waals surface area contributed by atoms with Crippen molar-refractivity contribution in [3.8, 4) is 5.75 Å². The minimum atomic E-state index is -0.353. The van der Waals surface area contributed by atoms with Gasteiger partial charge in [-0.1, -0.05) is 13.8 Å². The predicted octanol–water partition coefficient (Wildman–Crippen LogP) is 4.02. The number of H-pyrrole nitrogens is 1. The Bertz CT molecular complexity index is 898. The maximum Gasteiger partial charge on any atom is 0.251 e. The number of aromatic amines is 1.